The number of pyridine rings is 1. The van der Waals surface area contributed by atoms with Gasteiger partial charge in [-0.15, -0.1) is 0 Å². The molecule has 0 radical (unpaired) electrons. The molecule has 2 N–H and O–H groups in total. The number of anilines is 2. The first kappa shape index (κ1) is 13.1. The van der Waals surface area contributed by atoms with Crippen molar-refractivity contribution in [1.29, 1.82) is 0 Å². The van der Waals surface area contributed by atoms with E-state index in [1.54, 1.807) is 30.3 Å². The van der Waals surface area contributed by atoms with Crippen molar-refractivity contribution in [2.24, 2.45) is 0 Å². The number of aromatic nitrogens is 1. The highest BCUT2D eigenvalue weighted by molar-refractivity contribution is 6.12. The van der Waals surface area contributed by atoms with E-state index in [2.05, 4.69) is 4.98 Å². The Morgan fingerprint density at radius 1 is 1.10 bits per heavy atom. The third kappa shape index (κ3) is 2.43. The van der Waals surface area contributed by atoms with Gasteiger partial charge in [-0.25, -0.2) is 0 Å². The molecule has 0 saturated carbocycles. The zero-order valence-electron chi connectivity index (χ0n) is 11.7. The predicted octanol–water partition coefficient (Wildman–Crippen LogP) is 3.09. The fraction of sp³-hybridized carbons (Fsp3) is 0.0588. The molecule has 0 spiro atoms. The van der Waals surface area contributed by atoms with E-state index >= 15 is 0 Å². The lowest BCUT2D eigenvalue weighted by atomic mass is 10.1. The van der Waals surface area contributed by atoms with E-state index in [0.29, 0.717) is 11.4 Å². The zero-order valence-corrected chi connectivity index (χ0v) is 11.7. The maximum absolute atomic E-state index is 12.7. The third-order valence-corrected chi connectivity index (χ3v) is 3.44. The van der Waals surface area contributed by atoms with Crippen molar-refractivity contribution in [2.45, 2.75) is 0 Å². The summed E-state index contributed by atoms with van der Waals surface area (Å²) in [5, 5.41) is 1.84. The molecule has 1 heterocycles. The molecule has 0 aliphatic rings. The fourth-order valence-corrected chi connectivity index (χ4v) is 2.30. The van der Waals surface area contributed by atoms with Crippen molar-refractivity contribution in [3.8, 4) is 0 Å². The molecule has 0 bridgehead atoms. The van der Waals surface area contributed by atoms with Crippen LogP contribution in [0.15, 0.2) is 60.8 Å². The SMILES string of the molecule is CN(C(=O)c1nccc2ccccc12)c1cccc(N)c1. The highest BCUT2D eigenvalue weighted by Crippen LogP contribution is 2.21. The number of fused-ring (bicyclic) bond motifs is 1. The van der Waals surface area contributed by atoms with Crippen molar-refractivity contribution in [3.05, 3.63) is 66.5 Å². The predicted molar refractivity (Wildman–Crippen MR) is 85.3 cm³/mol. The van der Waals surface area contributed by atoms with Gasteiger partial charge in [0.15, 0.2) is 0 Å². The summed E-state index contributed by atoms with van der Waals surface area (Å²) in [6.45, 7) is 0. The molecule has 3 rings (SSSR count). The number of nitrogens with zero attached hydrogens (tertiary/aromatic N) is 2. The molecule has 0 fully saturated rings. The maximum atomic E-state index is 12.7. The number of carbonyl (C=O) groups is 1. The van der Waals surface area contributed by atoms with Gasteiger partial charge in [0.2, 0.25) is 0 Å². The second-order valence-corrected chi connectivity index (χ2v) is 4.84. The molecule has 0 aliphatic heterocycles. The molecule has 1 aromatic heterocycles. The van der Waals surface area contributed by atoms with Gasteiger partial charge in [-0.2, -0.15) is 0 Å². The lowest BCUT2D eigenvalue weighted by Gasteiger charge is -2.18. The van der Waals surface area contributed by atoms with E-state index in [4.69, 9.17) is 5.73 Å². The zero-order chi connectivity index (χ0) is 14.8. The van der Waals surface area contributed by atoms with Crippen LogP contribution in [0.4, 0.5) is 11.4 Å². The van der Waals surface area contributed by atoms with Crippen LogP contribution >= 0.6 is 0 Å². The van der Waals surface area contributed by atoms with Crippen molar-refractivity contribution in [1.82, 2.24) is 4.98 Å². The average Bonchev–Trinajstić information content (AvgIpc) is 2.53. The first-order valence-electron chi connectivity index (χ1n) is 6.64. The van der Waals surface area contributed by atoms with Crippen molar-refractivity contribution in [2.75, 3.05) is 17.7 Å². The molecule has 0 aliphatic carbocycles. The number of carbonyl (C=O) groups excluding carboxylic acids is 1. The molecular formula is C17H15N3O. The smallest absolute Gasteiger partial charge is 0.277 e. The molecule has 2 aromatic carbocycles. The van der Waals surface area contributed by atoms with E-state index in [0.717, 1.165) is 16.5 Å². The summed E-state index contributed by atoms with van der Waals surface area (Å²) in [7, 11) is 1.72. The Morgan fingerprint density at radius 2 is 1.90 bits per heavy atom. The first-order chi connectivity index (χ1) is 10.2. The number of benzene rings is 2. The van der Waals surface area contributed by atoms with Crippen LogP contribution in [0.5, 0.6) is 0 Å². The Labute approximate surface area is 122 Å². The van der Waals surface area contributed by atoms with Gasteiger partial charge in [0, 0.05) is 30.0 Å². The van der Waals surface area contributed by atoms with Crippen LogP contribution < -0.4 is 10.6 Å². The number of rotatable bonds is 2. The van der Waals surface area contributed by atoms with Gasteiger partial charge in [0.1, 0.15) is 5.69 Å². The minimum atomic E-state index is -0.155. The Balaban J connectivity index is 2.04. The number of hydrogen-bond donors (Lipinski definition) is 1. The normalized spacial score (nSPS) is 10.5. The Bertz CT molecular complexity index is 808. The molecule has 104 valence electrons. The van der Waals surface area contributed by atoms with Crippen LogP contribution in [-0.2, 0) is 0 Å². The summed E-state index contributed by atoms with van der Waals surface area (Å²) in [6.07, 6.45) is 1.66. The molecule has 4 heteroatoms. The Hall–Kier alpha value is -2.88. The van der Waals surface area contributed by atoms with Gasteiger partial charge in [0.05, 0.1) is 0 Å². The van der Waals surface area contributed by atoms with E-state index in [9.17, 15) is 4.79 Å². The minimum Gasteiger partial charge on any atom is -0.399 e. The second kappa shape index (κ2) is 5.25. The highest BCUT2D eigenvalue weighted by atomic mass is 16.2. The van der Waals surface area contributed by atoms with Gasteiger partial charge >= 0.3 is 0 Å². The van der Waals surface area contributed by atoms with Gasteiger partial charge in [0.25, 0.3) is 5.91 Å². The Kier molecular flexibility index (Phi) is 3.28. The van der Waals surface area contributed by atoms with Crippen LogP contribution in [0.2, 0.25) is 0 Å². The van der Waals surface area contributed by atoms with E-state index in [1.807, 2.05) is 42.5 Å². The van der Waals surface area contributed by atoms with Crippen LogP contribution in [0.3, 0.4) is 0 Å². The molecule has 0 atom stereocenters. The lowest BCUT2D eigenvalue weighted by molar-refractivity contribution is 0.0990. The fourth-order valence-electron chi connectivity index (χ4n) is 2.30. The summed E-state index contributed by atoms with van der Waals surface area (Å²) in [4.78, 5) is 18.5. The van der Waals surface area contributed by atoms with Gasteiger partial charge < -0.3 is 10.6 Å². The molecule has 4 nitrogen and oxygen atoms in total. The van der Waals surface area contributed by atoms with Gasteiger partial charge in [-0.1, -0.05) is 30.3 Å². The van der Waals surface area contributed by atoms with E-state index < -0.39 is 0 Å². The van der Waals surface area contributed by atoms with E-state index in [1.165, 1.54) is 0 Å². The van der Waals surface area contributed by atoms with Crippen molar-refractivity contribution in [3.63, 3.8) is 0 Å². The molecule has 21 heavy (non-hydrogen) atoms. The van der Waals surface area contributed by atoms with Crippen molar-refractivity contribution >= 4 is 28.1 Å². The third-order valence-electron chi connectivity index (χ3n) is 3.44. The standard InChI is InChI=1S/C17H15N3O/c1-20(14-7-4-6-13(18)11-14)17(21)16-15-8-3-2-5-12(15)9-10-19-16/h2-11H,18H2,1H3. The van der Waals surface area contributed by atoms with Crippen molar-refractivity contribution < 1.29 is 4.79 Å². The molecular weight excluding hydrogens is 262 g/mol. The summed E-state index contributed by atoms with van der Waals surface area (Å²) in [5.41, 5.74) is 7.58. The molecule has 3 aromatic rings. The number of nitrogen functional groups attached to an aromatic ring is 1. The lowest BCUT2D eigenvalue weighted by Crippen LogP contribution is -2.27. The highest BCUT2D eigenvalue weighted by Gasteiger charge is 2.17. The number of hydrogen-bond acceptors (Lipinski definition) is 3. The molecule has 0 unspecified atom stereocenters. The number of amides is 1. The van der Waals surface area contributed by atoms with Gasteiger partial charge in [-0.3, -0.25) is 9.78 Å². The van der Waals surface area contributed by atoms with E-state index in [-0.39, 0.29) is 5.91 Å². The second-order valence-electron chi connectivity index (χ2n) is 4.84. The van der Waals surface area contributed by atoms with Gasteiger partial charge in [-0.05, 0) is 29.7 Å². The maximum Gasteiger partial charge on any atom is 0.277 e. The average molecular weight is 277 g/mol. The quantitative estimate of drug-likeness (QED) is 0.732. The molecule has 0 saturated heterocycles. The topological polar surface area (TPSA) is 59.2 Å². The largest absolute Gasteiger partial charge is 0.399 e. The Morgan fingerprint density at radius 3 is 2.71 bits per heavy atom. The van der Waals surface area contributed by atoms with Crippen LogP contribution in [0.25, 0.3) is 10.8 Å². The number of nitrogens with two attached hydrogens (primary N) is 1. The monoisotopic (exact) mass is 277 g/mol. The summed E-state index contributed by atoms with van der Waals surface area (Å²) >= 11 is 0. The summed E-state index contributed by atoms with van der Waals surface area (Å²) in [5.74, 6) is -0.155. The summed E-state index contributed by atoms with van der Waals surface area (Å²) < 4.78 is 0. The molecule has 1 amide bonds. The minimum absolute atomic E-state index is 0.155. The van der Waals surface area contributed by atoms with Crippen LogP contribution in [0.1, 0.15) is 10.5 Å². The summed E-state index contributed by atoms with van der Waals surface area (Å²) in [6, 6.07) is 16.8. The van der Waals surface area contributed by atoms with Crippen LogP contribution in [0, 0.1) is 0 Å². The first-order valence-corrected chi connectivity index (χ1v) is 6.64. The van der Waals surface area contributed by atoms with Crippen LogP contribution in [-0.4, -0.2) is 17.9 Å².